The molecule has 0 aliphatic rings. The van der Waals surface area contributed by atoms with Gasteiger partial charge in [-0.3, -0.25) is 0 Å². The topological polar surface area (TPSA) is 12.9 Å². The Labute approximate surface area is 81.9 Å². The summed E-state index contributed by atoms with van der Waals surface area (Å²) >= 11 is 8.65. The van der Waals surface area contributed by atoms with Crippen molar-refractivity contribution >= 4 is 27.5 Å². The molecule has 0 aromatic carbocycles. The van der Waals surface area contributed by atoms with Gasteiger partial charge >= 0.3 is 0 Å². The Balaban J connectivity index is 3.06. The van der Waals surface area contributed by atoms with E-state index in [0.29, 0.717) is 10.9 Å². The Morgan fingerprint density at radius 3 is 2.67 bits per heavy atom. The summed E-state index contributed by atoms with van der Waals surface area (Å²) in [7, 11) is 0. The smallest absolute Gasteiger partial charge is 0.235 e. The summed E-state index contributed by atoms with van der Waals surface area (Å²) in [5.74, 6) is 0. The second-order valence-corrected chi connectivity index (χ2v) is 3.11. The number of pyridine rings is 1. The Morgan fingerprint density at radius 1 is 1.50 bits per heavy atom. The second kappa shape index (κ2) is 4.14. The molecule has 0 spiro atoms. The van der Waals surface area contributed by atoms with Crippen LogP contribution in [0, 0.1) is 0 Å². The molecule has 0 saturated carbocycles. The molecule has 0 fully saturated rings. The molecule has 1 aromatic heterocycles. The number of nitrogens with zero attached hydrogens (tertiary/aromatic N) is 1. The zero-order valence-corrected chi connectivity index (χ0v) is 8.24. The first-order valence-corrected chi connectivity index (χ1v) is 4.64. The minimum absolute atomic E-state index is 0.0993. The molecule has 1 nitrogen and oxygen atoms in total. The lowest BCUT2D eigenvalue weighted by molar-refractivity contribution is 0.146. The van der Waals surface area contributed by atoms with Crippen molar-refractivity contribution in [3.8, 4) is 0 Å². The van der Waals surface area contributed by atoms with Crippen molar-refractivity contribution in [3.63, 3.8) is 0 Å². The van der Waals surface area contributed by atoms with Crippen LogP contribution in [0.3, 0.4) is 0 Å². The van der Waals surface area contributed by atoms with Crippen molar-refractivity contribution in [3.05, 3.63) is 28.5 Å². The molecule has 0 bridgehead atoms. The molecular formula is C7H5BrClF2N. The van der Waals surface area contributed by atoms with E-state index in [1.165, 1.54) is 6.07 Å². The van der Waals surface area contributed by atoms with E-state index in [1.807, 2.05) is 0 Å². The molecule has 0 unspecified atom stereocenters. The maximum atomic E-state index is 12.1. The normalized spacial score (nSPS) is 10.8. The fourth-order valence-corrected chi connectivity index (χ4v) is 1.32. The van der Waals surface area contributed by atoms with Crippen LogP contribution in [0.2, 0.25) is 5.15 Å². The van der Waals surface area contributed by atoms with Gasteiger partial charge in [-0.1, -0.05) is 27.5 Å². The van der Waals surface area contributed by atoms with E-state index in [0.717, 1.165) is 0 Å². The third kappa shape index (κ3) is 2.38. The van der Waals surface area contributed by atoms with Gasteiger partial charge in [0.15, 0.2) is 0 Å². The summed E-state index contributed by atoms with van der Waals surface area (Å²) in [6, 6.07) is 2.87. The van der Waals surface area contributed by atoms with Crippen LogP contribution < -0.4 is 0 Å². The number of rotatable bonds is 2. The van der Waals surface area contributed by atoms with E-state index in [9.17, 15) is 8.78 Å². The van der Waals surface area contributed by atoms with Crippen LogP contribution in [-0.2, 0) is 5.33 Å². The first-order chi connectivity index (χ1) is 5.63. The lowest BCUT2D eigenvalue weighted by atomic mass is 10.2. The van der Waals surface area contributed by atoms with Crippen LogP contribution in [0.4, 0.5) is 8.78 Å². The number of hydrogen-bond acceptors (Lipinski definition) is 1. The van der Waals surface area contributed by atoms with E-state index in [1.54, 1.807) is 6.07 Å². The van der Waals surface area contributed by atoms with Gasteiger partial charge in [0.2, 0.25) is 0 Å². The molecule has 0 N–H and O–H groups in total. The Bertz CT molecular complexity index is 280. The maximum absolute atomic E-state index is 12.1. The fourth-order valence-electron chi connectivity index (χ4n) is 0.761. The molecule has 66 valence electrons. The predicted octanol–water partition coefficient (Wildman–Crippen LogP) is 3.57. The number of halogens is 4. The molecule has 0 saturated heterocycles. The van der Waals surface area contributed by atoms with E-state index in [4.69, 9.17) is 11.6 Å². The van der Waals surface area contributed by atoms with E-state index in [-0.39, 0.29) is 10.8 Å². The SMILES string of the molecule is FC(F)c1cc(CBr)cc(Cl)n1. The zero-order chi connectivity index (χ0) is 9.14. The lowest BCUT2D eigenvalue weighted by Gasteiger charge is -2.01. The van der Waals surface area contributed by atoms with E-state index in [2.05, 4.69) is 20.9 Å². The Hall–Kier alpha value is -0.220. The molecule has 1 aromatic rings. The van der Waals surface area contributed by atoms with Gasteiger partial charge in [0, 0.05) is 5.33 Å². The molecule has 0 amide bonds. The Kier molecular flexibility index (Phi) is 3.40. The molecule has 0 aliphatic heterocycles. The first-order valence-electron chi connectivity index (χ1n) is 3.14. The quantitative estimate of drug-likeness (QED) is 0.582. The van der Waals surface area contributed by atoms with Gasteiger partial charge in [-0.15, -0.1) is 0 Å². The predicted molar refractivity (Wildman–Crippen MR) is 46.8 cm³/mol. The molecule has 1 heterocycles. The summed E-state index contributed by atoms with van der Waals surface area (Å²) in [5, 5.41) is 0.594. The number of aromatic nitrogens is 1. The molecule has 0 radical (unpaired) electrons. The van der Waals surface area contributed by atoms with Gasteiger partial charge in [-0.05, 0) is 17.7 Å². The van der Waals surface area contributed by atoms with Gasteiger partial charge < -0.3 is 0 Å². The summed E-state index contributed by atoms with van der Waals surface area (Å²) in [6.45, 7) is 0. The van der Waals surface area contributed by atoms with Gasteiger partial charge in [0.05, 0.1) is 0 Å². The highest BCUT2D eigenvalue weighted by Crippen LogP contribution is 2.21. The van der Waals surface area contributed by atoms with Gasteiger partial charge in [-0.2, -0.15) is 0 Å². The van der Waals surface area contributed by atoms with Crippen LogP contribution in [0.5, 0.6) is 0 Å². The van der Waals surface area contributed by atoms with Gasteiger partial charge in [0.25, 0.3) is 6.43 Å². The third-order valence-corrected chi connectivity index (χ3v) is 2.09. The first kappa shape index (κ1) is 9.86. The number of alkyl halides is 3. The van der Waals surface area contributed by atoms with Crippen LogP contribution in [-0.4, -0.2) is 4.98 Å². The molecular weight excluding hydrogens is 251 g/mol. The van der Waals surface area contributed by atoms with Gasteiger partial charge in [0.1, 0.15) is 10.8 Å². The van der Waals surface area contributed by atoms with Crippen molar-refractivity contribution in [2.75, 3.05) is 0 Å². The van der Waals surface area contributed by atoms with Crippen molar-refractivity contribution < 1.29 is 8.78 Å². The molecule has 0 aliphatic carbocycles. The maximum Gasteiger partial charge on any atom is 0.280 e. The second-order valence-electron chi connectivity index (χ2n) is 2.16. The average molecular weight is 256 g/mol. The lowest BCUT2D eigenvalue weighted by Crippen LogP contribution is -1.92. The highest BCUT2D eigenvalue weighted by atomic mass is 79.9. The highest BCUT2D eigenvalue weighted by molar-refractivity contribution is 9.08. The van der Waals surface area contributed by atoms with E-state index >= 15 is 0 Å². The van der Waals surface area contributed by atoms with Crippen LogP contribution in [0.25, 0.3) is 0 Å². The van der Waals surface area contributed by atoms with E-state index < -0.39 is 6.43 Å². The number of hydrogen-bond donors (Lipinski definition) is 0. The molecule has 1 rings (SSSR count). The van der Waals surface area contributed by atoms with Crippen LogP contribution >= 0.6 is 27.5 Å². The van der Waals surface area contributed by atoms with Gasteiger partial charge in [-0.25, -0.2) is 13.8 Å². The van der Waals surface area contributed by atoms with Crippen molar-refractivity contribution in [2.24, 2.45) is 0 Å². The van der Waals surface area contributed by atoms with Crippen molar-refractivity contribution in [1.82, 2.24) is 4.98 Å². The summed E-state index contributed by atoms with van der Waals surface area (Å²) in [5.41, 5.74) is 0.419. The Morgan fingerprint density at radius 2 is 2.17 bits per heavy atom. The third-order valence-electron chi connectivity index (χ3n) is 1.25. The highest BCUT2D eigenvalue weighted by Gasteiger charge is 2.10. The molecule has 12 heavy (non-hydrogen) atoms. The van der Waals surface area contributed by atoms with Crippen LogP contribution in [0.1, 0.15) is 17.7 Å². The van der Waals surface area contributed by atoms with Crippen molar-refractivity contribution in [1.29, 1.82) is 0 Å². The average Bonchev–Trinajstić information content (AvgIpc) is 2.03. The summed E-state index contributed by atoms with van der Waals surface area (Å²) < 4.78 is 24.3. The molecule has 5 heteroatoms. The summed E-state index contributed by atoms with van der Waals surface area (Å²) in [4.78, 5) is 3.48. The molecule has 0 atom stereocenters. The fraction of sp³-hybridized carbons (Fsp3) is 0.286. The summed E-state index contributed by atoms with van der Waals surface area (Å²) in [6.07, 6.45) is -2.57. The van der Waals surface area contributed by atoms with Crippen molar-refractivity contribution in [2.45, 2.75) is 11.8 Å². The van der Waals surface area contributed by atoms with Crippen LogP contribution in [0.15, 0.2) is 12.1 Å². The largest absolute Gasteiger partial charge is 0.280 e. The zero-order valence-electron chi connectivity index (χ0n) is 5.90. The monoisotopic (exact) mass is 255 g/mol. The standard InChI is InChI=1S/C7H5BrClF2N/c8-3-4-1-5(7(10)11)12-6(9)2-4/h1-2,7H,3H2. The minimum atomic E-state index is -2.57. The minimum Gasteiger partial charge on any atom is -0.235 e.